The van der Waals surface area contributed by atoms with E-state index >= 15 is 0 Å². The van der Waals surface area contributed by atoms with Crippen molar-refractivity contribution in [2.45, 2.75) is 13.3 Å². The summed E-state index contributed by atoms with van der Waals surface area (Å²) in [4.78, 5) is 40.3. The number of para-hydroxylation sites is 1. The smallest absolute Gasteiger partial charge is 0.316 e. The molecule has 8 heteroatoms. The van der Waals surface area contributed by atoms with Crippen LogP contribution in [0.2, 0.25) is 5.02 Å². The second-order valence-electron chi connectivity index (χ2n) is 6.56. The summed E-state index contributed by atoms with van der Waals surface area (Å²) in [6.07, 6.45) is 0.755. The molecule has 3 amide bonds. The number of anilines is 2. The van der Waals surface area contributed by atoms with Gasteiger partial charge in [-0.1, -0.05) is 36.7 Å². The quantitative estimate of drug-likeness (QED) is 0.736. The molecule has 0 spiro atoms. The van der Waals surface area contributed by atoms with E-state index in [1.165, 1.54) is 16.9 Å². The molecule has 7 nitrogen and oxygen atoms in total. The standard InChI is InChI=1S/C21H22ClN3O4/c1-3-14-6-4-5-7-17(14)25-11-10-24(20(27)21(25)28)13-19(26)23-15-8-9-18(29-2)16(22)12-15/h4-9,12H,3,10-11,13H2,1-2H3,(H,23,26). The maximum atomic E-state index is 12.6. The van der Waals surface area contributed by atoms with Crippen molar-refractivity contribution in [3.8, 4) is 5.75 Å². The summed E-state index contributed by atoms with van der Waals surface area (Å²) in [5, 5.41) is 3.04. The van der Waals surface area contributed by atoms with Crippen molar-refractivity contribution in [3.05, 3.63) is 53.1 Å². The Morgan fingerprint density at radius 3 is 2.59 bits per heavy atom. The molecule has 152 valence electrons. The van der Waals surface area contributed by atoms with E-state index < -0.39 is 17.7 Å². The molecule has 2 aromatic rings. The molecular formula is C21H22ClN3O4. The first kappa shape index (κ1) is 20.7. The number of rotatable bonds is 6. The molecule has 0 atom stereocenters. The number of halogens is 1. The van der Waals surface area contributed by atoms with Gasteiger partial charge in [0.15, 0.2) is 0 Å². The largest absolute Gasteiger partial charge is 0.495 e. The summed E-state index contributed by atoms with van der Waals surface area (Å²) in [6.45, 7) is 2.40. The summed E-state index contributed by atoms with van der Waals surface area (Å²) >= 11 is 6.06. The average molecular weight is 416 g/mol. The number of nitrogens with one attached hydrogen (secondary N) is 1. The number of hydrogen-bond donors (Lipinski definition) is 1. The molecule has 0 saturated carbocycles. The van der Waals surface area contributed by atoms with Crippen molar-refractivity contribution in [1.82, 2.24) is 4.90 Å². The van der Waals surface area contributed by atoms with Gasteiger partial charge in [-0.05, 0) is 36.2 Å². The second kappa shape index (κ2) is 8.96. The van der Waals surface area contributed by atoms with Gasteiger partial charge in [0.2, 0.25) is 5.91 Å². The SMILES string of the molecule is CCc1ccccc1N1CCN(CC(=O)Nc2ccc(OC)c(Cl)c2)C(=O)C1=O. The molecule has 1 aliphatic heterocycles. The van der Waals surface area contributed by atoms with Crippen LogP contribution in [0, 0.1) is 0 Å². The fraction of sp³-hybridized carbons (Fsp3) is 0.286. The molecule has 1 fully saturated rings. The number of carbonyl (C=O) groups excluding carboxylic acids is 3. The molecule has 29 heavy (non-hydrogen) atoms. The fourth-order valence-electron chi connectivity index (χ4n) is 3.25. The topological polar surface area (TPSA) is 79.0 Å². The lowest BCUT2D eigenvalue weighted by Crippen LogP contribution is -2.56. The van der Waals surface area contributed by atoms with Gasteiger partial charge in [0.1, 0.15) is 12.3 Å². The first-order valence-corrected chi connectivity index (χ1v) is 9.64. The van der Waals surface area contributed by atoms with E-state index in [0.717, 1.165) is 17.7 Å². The Morgan fingerprint density at radius 1 is 1.14 bits per heavy atom. The zero-order valence-corrected chi connectivity index (χ0v) is 17.0. The Bertz CT molecular complexity index is 947. The minimum Gasteiger partial charge on any atom is -0.495 e. The van der Waals surface area contributed by atoms with E-state index in [4.69, 9.17) is 16.3 Å². The Morgan fingerprint density at radius 2 is 1.90 bits per heavy atom. The predicted molar refractivity (Wildman–Crippen MR) is 111 cm³/mol. The number of benzene rings is 2. The minimum atomic E-state index is -0.690. The number of ether oxygens (including phenoxy) is 1. The van der Waals surface area contributed by atoms with Gasteiger partial charge in [-0.3, -0.25) is 14.4 Å². The second-order valence-corrected chi connectivity index (χ2v) is 6.97. The Kier molecular flexibility index (Phi) is 6.39. The summed E-state index contributed by atoms with van der Waals surface area (Å²) in [6, 6.07) is 12.4. The van der Waals surface area contributed by atoms with Crippen molar-refractivity contribution < 1.29 is 19.1 Å². The Hall–Kier alpha value is -3.06. The number of hydrogen-bond acceptors (Lipinski definition) is 4. The Balaban J connectivity index is 1.65. The molecule has 0 bridgehead atoms. The highest BCUT2D eigenvalue weighted by molar-refractivity contribution is 6.41. The summed E-state index contributed by atoms with van der Waals surface area (Å²) in [7, 11) is 1.50. The summed E-state index contributed by atoms with van der Waals surface area (Å²) in [5.74, 6) is -1.23. The van der Waals surface area contributed by atoms with Gasteiger partial charge in [0.05, 0.1) is 12.1 Å². The van der Waals surface area contributed by atoms with Gasteiger partial charge in [-0.2, -0.15) is 0 Å². The molecule has 1 heterocycles. The maximum Gasteiger partial charge on any atom is 0.316 e. The van der Waals surface area contributed by atoms with E-state index in [1.54, 1.807) is 18.2 Å². The van der Waals surface area contributed by atoms with Crippen molar-refractivity contribution in [3.63, 3.8) is 0 Å². The molecule has 0 unspecified atom stereocenters. The van der Waals surface area contributed by atoms with Gasteiger partial charge < -0.3 is 19.9 Å². The lowest BCUT2D eigenvalue weighted by atomic mass is 10.1. The van der Waals surface area contributed by atoms with Gasteiger partial charge in [-0.15, -0.1) is 0 Å². The van der Waals surface area contributed by atoms with E-state index in [9.17, 15) is 14.4 Å². The van der Waals surface area contributed by atoms with E-state index in [-0.39, 0.29) is 13.1 Å². The van der Waals surface area contributed by atoms with Gasteiger partial charge in [0, 0.05) is 24.5 Å². The van der Waals surface area contributed by atoms with Crippen LogP contribution in [-0.4, -0.2) is 49.4 Å². The third kappa shape index (κ3) is 4.51. The van der Waals surface area contributed by atoms with Crippen molar-refractivity contribution in [2.75, 3.05) is 37.0 Å². The monoisotopic (exact) mass is 415 g/mol. The molecule has 0 radical (unpaired) electrons. The molecule has 1 N–H and O–H groups in total. The van der Waals surface area contributed by atoms with Crippen LogP contribution in [0.4, 0.5) is 11.4 Å². The highest BCUT2D eigenvalue weighted by atomic mass is 35.5. The maximum absolute atomic E-state index is 12.6. The number of methoxy groups -OCH3 is 1. The molecule has 2 aromatic carbocycles. The zero-order valence-electron chi connectivity index (χ0n) is 16.3. The van der Waals surface area contributed by atoms with Crippen LogP contribution in [-0.2, 0) is 20.8 Å². The van der Waals surface area contributed by atoms with Crippen LogP contribution >= 0.6 is 11.6 Å². The summed E-state index contributed by atoms with van der Waals surface area (Å²) < 4.78 is 5.08. The van der Waals surface area contributed by atoms with Crippen LogP contribution in [0.15, 0.2) is 42.5 Å². The zero-order chi connectivity index (χ0) is 21.0. The van der Waals surface area contributed by atoms with E-state index in [0.29, 0.717) is 23.0 Å². The summed E-state index contributed by atoms with van der Waals surface area (Å²) in [5.41, 5.74) is 2.22. The molecule has 1 aliphatic rings. The third-order valence-corrected chi connectivity index (χ3v) is 5.04. The van der Waals surface area contributed by atoms with Crippen LogP contribution in [0.3, 0.4) is 0 Å². The highest BCUT2D eigenvalue weighted by Gasteiger charge is 2.34. The molecule has 3 rings (SSSR count). The van der Waals surface area contributed by atoms with Gasteiger partial charge in [0.25, 0.3) is 0 Å². The normalized spacial score (nSPS) is 14.2. The number of nitrogens with zero attached hydrogens (tertiary/aromatic N) is 2. The first-order chi connectivity index (χ1) is 13.9. The lowest BCUT2D eigenvalue weighted by molar-refractivity contribution is -0.147. The lowest BCUT2D eigenvalue weighted by Gasteiger charge is -2.34. The first-order valence-electron chi connectivity index (χ1n) is 9.26. The fourth-order valence-corrected chi connectivity index (χ4v) is 3.50. The predicted octanol–water partition coefficient (Wildman–Crippen LogP) is 2.72. The molecule has 1 saturated heterocycles. The minimum absolute atomic E-state index is 0.211. The van der Waals surface area contributed by atoms with E-state index in [2.05, 4.69) is 5.32 Å². The van der Waals surface area contributed by atoms with Crippen LogP contribution in [0.1, 0.15) is 12.5 Å². The van der Waals surface area contributed by atoms with Gasteiger partial charge in [-0.25, -0.2) is 0 Å². The van der Waals surface area contributed by atoms with Crippen LogP contribution in [0.5, 0.6) is 5.75 Å². The molecule has 0 aliphatic carbocycles. The van der Waals surface area contributed by atoms with E-state index in [1.807, 2.05) is 31.2 Å². The number of piperazine rings is 1. The highest BCUT2D eigenvalue weighted by Crippen LogP contribution is 2.27. The Labute approximate surface area is 174 Å². The number of aryl methyl sites for hydroxylation is 1. The number of carbonyl (C=O) groups is 3. The number of amides is 3. The average Bonchev–Trinajstić information content (AvgIpc) is 2.72. The van der Waals surface area contributed by atoms with Crippen LogP contribution in [0.25, 0.3) is 0 Å². The molecular weight excluding hydrogens is 394 g/mol. The van der Waals surface area contributed by atoms with Crippen molar-refractivity contribution >= 4 is 40.7 Å². The van der Waals surface area contributed by atoms with Gasteiger partial charge >= 0.3 is 11.8 Å². The van der Waals surface area contributed by atoms with Crippen molar-refractivity contribution in [2.24, 2.45) is 0 Å². The molecule has 0 aromatic heterocycles. The third-order valence-electron chi connectivity index (χ3n) is 4.74. The van der Waals surface area contributed by atoms with Crippen molar-refractivity contribution in [1.29, 1.82) is 0 Å². The van der Waals surface area contributed by atoms with Crippen LogP contribution < -0.4 is 15.0 Å².